The smallest absolute Gasteiger partial charge is 0.328 e. The number of hydrogen-bond acceptors (Lipinski definition) is 2. The van der Waals surface area contributed by atoms with Crippen molar-refractivity contribution in [2.45, 2.75) is 12.8 Å². The molecule has 0 atom stereocenters. The van der Waals surface area contributed by atoms with Crippen molar-refractivity contribution >= 4 is 34.3 Å². The summed E-state index contributed by atoms with van der Waals surface area (Å²) in [5, 5.41) is 8.57. The van der Waals surface area contributed by atoms with E-state index in [0.717, 1.165) is 28.0 Å². The number of carbonyl (C=O) groups excluding carboxylic acids is 1. The van der Waals surface area contributed by atoms with Crippen LogP contribution < -0.4 is 0 Å². The monoisotopic (exact) mass is 282 g/mol. The lowest BCUT2D eigenvalue weighted by atomic mass is 10.0. The summed E-state index contributed by atoms with van der Waals surface area (Å²) in [5.74, 6) is -0.989. The van der Waals surface area contributed by atoms with Crippen LogP contribution in [0.25, 0.3) is 6.08 Å². The number of benzene rings is 1. The topological polar surface area (TPSA) is 54.4 Å². The molecule has 16 heavy (non-hydrogen) atoms. The SMILES string of the molecule is O=CCCc1cccc(Br)c1/C=C/C(=O)O. The van der Waals surface area contributed by atoms with E-state index in [0.29, 0.717) is 12.8 Å². The number of halogens is 1. The van der Waals surface area contributed by atoms with Crippen LogP contribution in [0.5, 0.6) is 0 Å². The predicted molar refractivity (Wildman–Crippen MR) is 65.2 cm³/mol. The number of carboxylic acids is 1. The summed E-state index contributed by atoms with van der Waals surface area (Å²) in [7, 11) is 0. The second-order valence-corrected chi connectivity index (χ2v) is 4.04. The number of carboxylic acid groups (broad SMARTS) is 1. The Morgan fingerprint density at radius 2 is 2.19 bits per heavy atom. The Balaban J connectivity index is 3.02. The van der Waals surface area contributed by atoms with Crippen LogP contribution in [0.3, 0.4) is 0 Å². The van der Waals surface area contributed by atoms with Gasteiger partial charge in [0.1, 0.15) is 6.29 Å². The number of aryl methyl sites for hydroxylation is 1. The van der Waals surface area contributed by atoms with Crippen LogP contribution in [0.15, 0.2) is 28.7 Å². The van der Waals surface area contributed by atoms with Gasteiger partial charge in [-0.2, -0.15) is 0 Å². The molecule has 0 spiro atoms. The standard InChI is InChI=1S/C12H11BrO3/c13-11-5-1-3-9(4-2-8-14)10(11)6-7-12(15)16/h1,3,5-8H,2,4H2,(H,15,16)/b7-6+. The predicted octanol–water partition coefficient (Wildman–Crippen LogP) is 2.68. The fraction of sp³-hybridized carbons (Fsp3) is 0.167. The number of hydrogen-bond donors (Lipinski definition) is 1. The van der Waals surface area contributed by atoms with Crippen molar-refractivity contribution in [3.05, 3.63) is 39.9 Å². The van der Waals surface area contributed by atoms with E-state index in [1.165, 1.54) is 6.08 Å². The highest BCUT2D eigenvalue weighted by Gasteiger charge is 2.03. The molecule has 1 aromatic carbocycles. The first-order valence-corrected chi connectivity index (χ1v) is 5.56. The van der Waals surface area contributed by atoms with E-state index in [1.807, 2.05) is 18.2 Å². The Morgan fingerprint density at radius 1 is 1.44 bits per heavy atom. The zero-order valence-electron chi connectivity index (χ0n) is 8.52. The second kappa shape index (κ2) is 6.23. The normalized spacial score (nSPS) is 10.6. The van der Waals surface area contributed by atoms with E-state index >= 15 is 0 Å². The largest absolute Gasteiger partial charge is 0.478 e. The van der Waals surface area contributed by atoms with Gasteiger partial charge in [0.2, 0.25) is 0 Å². The highest BCUT2D eigenvalue weighted by Crippen LogP contribution is 2.23. The van der Waals surface area contributed by atoms with Crippen LogP contribution in [-0.2, 0) is 16.0 Å². The van der Waals surface area contributed by atoms with E-state index in [4.69, 9.17) is 5.11 Å². The van der Waals surface area contributed by atoms with Gasteiger partial charge < -0.3 is 9.90 Å². The third kappa shape index (κ3) is 3.62. The van der Waals surface area contributed by atoms with E-state index < -0.39 is 5.97 Å². The zero-order valence-corrected chi connectivity index (χ0v) is 10.1. The minimum atomic E-state index is -0.989. The van der Waals surface area contributed by atoms with Gasteiger partial charge in [0.05, 0.1) is 0 Å². The summed E-state index contributed by atoms with van der Waals surface area (Å²) in [4.78, 5) is 20.8. The Hall–Kier alpha value is -1.42. The molecule has 0 bridgehead atoms. The van der Waals surface area contributed by atoms with Gasteiger partial charge in [-0.25, -0.2) is 4.79 Å². The highest BCUT2D eigenvalue weighted by atomic mass is 79.9. The molecule has 0 fully saturated rings. The number of aldehydes is 1. The Morgan fingerprint density at radius 3 is 2.81 bits per heavy atom. The Kier molecular flexibility index (Phi) is 4.92. The first-order chi connectivity index (χ1) is 7.65. The Labute approximate surface area is 102 Å². The average molecular weight is 283 g/mol. The lowest BCUT2D eigenvalue weighted by Gasteiger charge is -2.06. The summed E-state index contributed by atoms with van der Waals surface area (Å²) in [6.07, 6.45) is 4.52. The van der Waals surface area contributed by atoms with E-state index in [1.54, 1.807) is 0 Å². The van der Waals surface area contributed by atoms with Crippen molar-refractivity contribution in [1.82, 2.24) is 0 Å². The van der Waals surface area contributed by atoms with Crippen LogP contribution in [0.2, 0.25) is 0 Å². The molecule has 0 heterocycles. The molecular weight excluding hydrogens is 272 g/mol. The van der Waals surface area contributed by atoms with E-state index in [2.05, 4.69) is 15.9 Å². The molecule has 0 aliphatic heterocycles. The fourth-order valence-corrected chi connectivity index (χ4v) is 1.89. The molecule has 1 aromatic rings. The summed E-state index contributed by atoms with van der Waals surface area (Å²) >= 11 is 3.36. The first kappa shape index (κ1) is 12.6. The summed E-state index contributed by atoms with van der Waals surface area (Å²) < 4.78 is 0.827. The maximum Gasteiger partial charge on any atom is 0.328 e. The molecule has 0 radical (unpaired) electrons. The first-order valence-electron chi connectivity index (χ1n) is 4.77. The summed E-state index contributed by atoms with van der Waals surface area (Å²) in [6.45, 7) is 0. The van der Waals surface area contributed by atoms with Crippen LogP contribution in [0.4, 0.5) is 0 Å². The lowest BCUT2D eigenvalue weighted by Crippen LogP contribution is -1.93. The van der Waals surface area contributed by atoms with Crippen molar-refractivity contribution < 1.29 is 14.7 Å². The van der Waals surface area contributed by atoms with Crippen molar-refractivity contribution in [2.75, 3.05) is 0 Å². The maximum absolute atomic E-state index is 10.5. The molecule has 0 aliphatic carbocycles. The average Bonchev–Trinajstić information content (AvgIpc) is 2.24. The molecule has 1 N–H and O–H groups in total. The molecule has 0 amide bonds. The fourth-order valence-electron chi connectivity index (χ4n) is 1.36. The highest BCUT2D eigenvalue weighted by molar-refractivity contribution is 9.10. The summed E-state index contributed by atoms with van der Waals surface area (Å²) in [6, 6.07) is 5.59. The summed E-state index contributed by atoms with van der Waals surface area (Å²) in [5.41, 5.74) is 1.77. The van der Waals surface area contributed by atoms with Gasteiger partial charge in [-0.3, -0.25) is 0 Å². The molecule has 0 aromatic heterocycles. The molecule has 0 aliphatic rings. The van der Waals surface area contributed by atoms with E-state index in [-0.39, 0.29) is 0 Å². The maximum atomic E-state index is 10.5. The number of aliphatic carboxylic acids is 1. The Bertz CT molecular complexity index is 424. The quantitative estimate of drug-likeness (QED) is 0.667. The van der Waals surface area contributed by atoms with Crippen LogP contribution in [0, 0.1) is 0 Å². The minimum Gasteiger partial charge on any atom is -0.478 e. The van der Waals surface area contributed by atoms with Crippen molar-refractivity contribution in [3.63, 3.8) is 0 Å². The molecule has 84 valence electrons. The van der Waals surface area contributed by atoms with Gasteiger partial charge in [0, 0.05) is 17.0 Å². The molecule has 0 saturated carbocycles. The van der Waals surface area contributed by atoms with Gasteiger partial charge in [0.25, 0.3) is 0 Å². The molecule has 1 rings (SSSR count). The third-order valence-corrected chi connectivity index (χ3v) is 2.76. The van der Waals surface area contributed by atoms with E-state index in [9.17, 15) is 9.59 Å². The minimum absolute atomic E-state index is 0.435. The molecular formula is C12H11BrO3. The van der Waals surface area contributed by atoms with Gasteiger partial charge in [-0.05, 0) is 29.7 Å². The van der Waals surface area contributed by atoms with Gasteiger partial charge in [-0.1, -0.05) is 28.1 Å². The molecule has 4 heteroatoms. The van der Waals surface area contributed by atoms with Crippen molar-refractivity contribution in [1.29, 1.82) is 0 Å². The lowest BCUT2D eigenvalue weighted by molar-refractivity contribution is -0.131. The van der Waals surface area contributed by atoms with Crippen molar-refractivity contribution in [2.24, 2.45) is 0 Å². The third-order valence-electron chi connectivity index (χ3n) is 2.07. The van der Waals surface area contributed by atoms with Gasteiger partial charge in [-0.15, -0.1) is 0 Å². The van der Waals surface area contributed by atoms with Crippen molar-refractivity contribution in [3.8, 4) is 0 Å². The molecule has 3 nitrogen and oxygen atoms in total. The van der Waals surface area contributed by atoms with Crippen LogP contribution in [0.1, 0.15) is 17.5 Å². The van der Waals surface area contributed by atoms with Gasteiger partial charge in [0.15, 0.2) is 0 Å². The van der Waals surface area contributed by atoms with Gasteiger partial charge >= 0.3 is 5.97 Å². The number of carbonyl (C=O) groups is 2. The molecule has 0 unspecified atom stereocenters. The van der Waals surface area contributed by atoms with Crippen LogP contribution in [-0.4, -0.2) is 17.4 Å². The number of rotatable bonds is 5. The molecule has 0 saturated heterocycles. The van der Waals surface area contributed by atoms with Crippen LogP contribution >= 0.6 is 15.9 Å². The zero-order chi connectivity index (χ0) is 12.0. The second-order valence-electron chi connectivity index (χ2n) is 3.19.